The van der Waals surface area contributed by atoms with Gasteiger partial charge in [-0.05, 0) is 42.3 Å². The van der Waals surface area contributed by atoms with Crippen molar-refractivity contribution in [2.45, 2.75) is 26.3 Å². The van der Waals surface area contributed by atoms with E-state index in [0.29, 0.717) is 25.2 Å². The average Bonchev–Trinajstić information content (AvgIpc) is 3.49. The van der Waals surface area contributed by atoms with Crippen LogP contribution in [0, 0.1) is 12.8 Å². The minimum atomic E-state index is -0.419. The summed E-state index contributed by atoms with van der Waals surface area (Å²) in [6.45, 7) is 3.10. The first-order chi connectivity index (χ1) is 18.1. The zero-order valence-electron chi connectivity index (χ0n) is 20.8. The van der Waals surface area contributed by atoms with Gasteiger partial charge < -0.3 is 14.3 Å². The molecule has 5 rings (SSSR count). The van der Waals surface area contributed by atoms with Crippen LogP contribution in [-0.4, -0.2) is 28.7 Å². The molecule has 0 unspecified atom stereocenters. The number of amides is 1. The number of carbonyl (C=O) groups is 2. The molecule has 2 heterocycles. The number of aromatic nitrogens is 1. The Kier molecular flexibility index (Phi) is 7.26. The summed E-state index contributed by atoms with van der Waals surface area (Å²) in [6, 6.07) is 31.1. The molecule has 1 aliphatic heterocycles. The van der Waals surface area contributed by atoms with Crippen LogP contribution in [0.4, 0.5) is 5.69 Å². The molecule has 0 fully saturated rings. The van der Waals surface area contributed by atoms with Gasteiger partial charge >= 0.3 is 5.97 Å². The second-order valence-electron chi connectivity index (χ2n) is 9.35. The Balaban J connectivity index is 1.38. The maximum atomic E-state index is 13.6. The van der Waals surface area contributed by atoms with E-state index in [0.717, 1.165) is 28.1 Å². The van der Waals surface area contributed by atoms with E-state index in [-0.39, 0.29) is 18.2 Å². The van der Waals surface area contributed by atoms with Crippen molar-refractivity contribution in [2.75, 3.05) is 11.4 Å². The van der Waals surface area contributed by atoms with Crippen LogP contribution >= 0.6 is 0 Å². The minimum absolute atomic E-state index is 0.00653. The summed E-state index contributed by atoms with van der Waals surface area (Å²) in [4.78, 5) is 33.3. The molecule has 1 aliphatic rings. The highest BCUT2D eigenvalue weighted by Gasteiger charge is 2.33. The molecule has 6 heteroatoms. The summed E-state index contributed by atoms with van der Waals surface area (Å²) >= 11 is 0. The van der Waals surface area contributed by atoms with Gasteiger partial charge in [0, 0.05) is 30.9 Å². The van der Waals surface area contributed by atoms with Crippen molar-refractivity contribution in [1.29, 1.82) is 0 Å². The molecule has 6 nitrogen and oxygen atoms in total. The lowest BCUT2D eigenvalue weighted by Gasteiger charge is -2.26. The van der Waals surface area contributed by atoms with E-state index in [1.807, 2.05) is 115 Å². The Labute approximate surface area is 216 Å². The number of hydrogen-bond donors (Lipinski definition) is 0. The van der Waals surface area contributed by atoms with Gasteiger partial charge in [0.05, 0.1) is 18.5 Å². The van der Waals surface area contributed by atoms with Gasteiger partial charge in [-0.1, -0.05) is 83.5 Å². The molecule has 0 spiro atoms. The number of fused-ring (bicyclic) bond motifs is 1. The van der Waals surface area contributed by atoms with Crippen molar-refractivity contribution in [1.82, 2.24) is 4.57 Å². The first kappa shape index (κ1) is 24.3. The summed E-state index contributed by atoms with van der Waals surface area (Å²) in [5.41, 5.74) is 5.38. The second kappa shape index (κ2) is 11.1. The third-order valence-electron chi connectivity index (χ3n) is 6.58. The predicted molar refractivity (Wildman–Crippen MR) is 144 cm³/mol. The normalized spacial score (nSPS) is 15.4. The first-order valence-electron chi connectivity index (χ1n) is 12.4. The number of hydrogen-bond acceptors (Lipinski definition) is 4. The molecule has 0 radical (unpaired) electrons. The van der Waals surface area contributed by atoms with Gasteiger partial charge in [-0.2, -0.15) is 0 Å². The Hall–Kier alpha value is -4.45. The Morgan fingerprint density at radius 1 is 0.865 bits per heavy atom. The number of rotatable bonds is 8. The molecule has 1 amide bonds. The average molecular weight is 492 g/mol. The van der Waals surface area contributed by atoms with Crippen molar-refractivity contribution < 1.29 is 14.4 Å². The quantitative estimate of drug-likeness (QED) is 0.252. The first-order valence-corrected chi connectivity index (χ1v) is 12.4. The number of aryl methyl sites for hydroxylation is 1. The number of benzene rings is 3. The van der Waals surface area contributed by atoms with Crippen molar-refractivity contribution in [2.24, 2.45) is 11.1 Å². The summed E-state index contributed by atoms with van der Waals surface area (Å²) in [5.74, 6) is -0.535. The third kappa shape index (κ3) is 5.86. The SMILES string of the molecule is Cc1ccc(N(C[C@H]2Cn3cccc3C2=NOC(=O)Cc2ccccc2)C(=O)Cc2ccccc2)cc1. The second-order valence-corrected chi connectivity index (χ2v) is 9.35. The Morgan fingerprint density at radius 3 is 2.19 bits per heavy atom. The summed E-state index contributed by atoms with van der Waals surface area (Å²) < 4.78 is 2.09. The molecular formula is C31H29N3O3. The topological polar surface area (TPSA) is 63.9 Å². The van der Waals surface area contributed by atoms with Crippen molar-refractivity contribution >= 4 is 23.3 Å². The van der Waals surface area contributed by atoms with Gasteiger partial charge in [0.25, 0.3) is 0 Å². The molecule has 0 saturated heterocycles. The van der Waals surface area contributed by atoms with E-state index in [1.165, 1.54) is 0 Å². The van der Waals surface area contributed by atoms with Crippen LogP contribution in [0.3, 0.4) is 0 Å². The molecule has 0 bridgehead atoms. The molecule has 1 atom stereocenters. The number of oxime groups is 1. The standard InChI is InChI=1S/C31H29N3O3/c1-23-14-16-27(17-15-23)34(29(35)19-24-9-4-2-5-10-24)22-26-21-33-18-8-13-28(33)31(26)32-37-30(36)20-25-11-6-3-7-12-25/h2-18,26H,19-22H2,1H3/t26-/m1/s1. The van der Waals surface area contributed by atoms with Crippen LogP contribution in [0.15, 0.2) is 108 Å². The van der Waals surface area contributed by atoms with Crippen molar-refractivity contribution in [3.8, 4) is 0 Å². The number of anilines is 1. The summed E-state index contributed by atoms with van der Waals surface area (Å²) in [7, 11) is 0. The highest BCUT2D eigenvalue weighted by atomic mass is 16.7. The number of nitrogens with zero attached hydrogens (tertiary/aromatic N) is 3. The molecule has 1 aromatic heterocycles. The molecular weight excluding hydrogens is 462 g/mol. The fraction of sp³-hybridized carbons (Fsp3) is 0.194. The number of carbonyl (C=O) groups excluding carboxylic acids is 2. The zero-order valence-corrected chi connectivity index (χ0v) is 20.8. The van der Waals surface area contributed by atoms with Gasteiger partial charge in [0.2, 0.25) is 5.91 Å². The lowest BCUT2D eigenvalue weighted by molar-refractivity contribution is -0.142. The fourth-order valence-corrected chi connectivity index (χ4v) is 4.66. The maximum absolute atomic E-state index is 13.6. The Morgan fingerprint density at radius 2 is 1.51 bits per heavy atom. The van der Waals surface area contributed by atoms with E-state index in [4.69, 9.17) is 4.84 Å². The highest BCUT2D eigenvalue weighted by molar-refractivity contribution is 6.04. The summed E-state index contributed by atoms with van der Waals surface area (Å²) in [5, 5.41) is 4.33. The largest absolute Gasteiger partial charge is 0.346 e. The molecule has 0 N–H and O–H groups in total. The van der Waals surface area contributed by atoms with Gasteiger partial charge in [-0.25, -0.2) is 4.79 Å². The van der Waals surface area contributed by atoms with E-state index in [1.54, 1.807) is 0 Å². The molecule has 4 aromatic rings. The van der Waals surface area contributed by atoms with E-state index >= 15 is 0 Å². The van der Waals surface area contributed by atoms with Crippen LogP contribution in [0.2, 0.25) is 0 Å². The third-order valence-corrected chi connectivity index (χ3v) is 6.58. The van der Waals surface area contributed by atoms with Gasteiger partial charge in [-0.15, -0.1) is 0 Å². The predicted octanol–water partition coefficient (Wildman–Crippen LogP) is 5.19. The van der Waals surface area contributed by atoms with Crippen molar-refractivity contribution in [3.05, 3.63) is 126 Å². The van der Waals surface area contributed by atoms with Gasteiger partial charge in [0.1, 0.15) is 5.71 Å². The lowest BCUT2D eigenvalue weighted by Crippen LogP contribution is -2.38. The van der Waals surface area contributed by atoms with Crippen LogP contribution in [0.1, 0.15) is 22.4 Å². The van der Waals surface area contributed by atoms with Gasteiger partial charge in [0.15, 0.2) is 0 Å². The Bertz CT molecular complexity index is 1390. The molecule has 0 aliphatic carbocycles. The molecule has 186 valence electrons. The highest BCUT2D eigenvalue weighted by Crippen LogP contribution is 2.26. The van der Waals surface area contributed by atoms with Crippen LogP contribution < -0.4 is 4.90 Å². The van der Waals surface area contributed by atoms with Crippen LogP contribution in [-0.2, 0) is 33.8 Å². The monoisotopic (exact) mass is 491 g/mol. The lowest BCUT2D eigenvalue weighted by atomic mass is 10.0. The zero-order chi connectivity index (χ0) is 25.6. The van der Waals surface area contributed by atoms with E-state index < -0.39 is 5.97 Å². The minimum Gasteiger partial charge on any atom is -0.346 e. The summed E-state index contributed by atoms with van der Waals surface area (Å²) in [6.07, 6.45) is 2.43. The fourth-order valence-electron chi connectivity index (χ4n) is 4.66. The van der Waals surface area contributed by atoms with Crippen LogP contribution in [0.25, 0.3) is 0 Å². The molecule has 37 heavy (non-hydrogen) atoms. The van der Waals surface area contributed by atoms with Gasteiger partial charge in [-0.3, -0.25) is 4.79 Å². The molecule has 0 saturated carbocycles. The smallest absolute Gasteiger partial charge is 0.339 e. The molecule has 3 aromatic carbocycles. The van der Waals surface area contributed by atoms with Crippen molar-refractivity contribution in [3.63, 3.8) is 0 Å². The van der Waals surface area contributed by atoms with E-state index in [9.17, 15) is 9.59 Å². The van der Waals surface area contributed by atoms with Crippen LogP contribution in [0.5, 0.6) is 0 Å². The maximum Gasteiger partial charge on any atom is 0.339 e. The van der Waals surface area contributed by atoms with E-state index in [2.05, 4.69) is 9.72 Å².